The minimum Gasteiger partial charge on any atom is -0.376 e. The normalized spacial score (nSPS) is 26.8. The number of nitrogens with one attached hydrogen (secondary N) is 2. The summed E-state index contributed by atoms with van der Waals surface area (Å²) in [5, 5.41) is 6.90. The maximum absolute atomic E-state index is 5.53. The van der Waals surface area contributed by atoms with Crippen LogP contribution in [0.4, 0.5) is 0 Å². The number of hydrogen-bond donors (Lipinski definition) is 2. The van der Waals surface area contributed by atoms with Gasteiger partial charge in [0.25, 0.3) is 0 Å². The van der Waals surface area contributed by atoms with Gasteiger partial charge in [-0.25, -0.2) is 0 Å². The van der Waals surface area contributed by atoms with Crippen LogP contribution in [0.25, 0.3) is 0 Å². The quantitative estimate of drug-likeness (QED) is 0.591. The van der Waals surface area contributed by atoms with Crippen LogP contribution in [-0.4, -0.2) is 51.6 Å². The Kier molecular flexibility index (Phi) is 4.86. The van der Waals surface area contributed by atoms with Gasteiger partial charge in [0.05, 0.1) is 25.9 Å². The van der Waals surface area contributed by atoms with Gasteiger partial charge in [0.1, 0.15) is 0 Å². The Morgan fingerprint density at radius 1 is 1.13 bits per heavy atom. The molecule has 1 heterocycles. The second kappa shape index (κ2) is 6.43. The predicted molar refractivity (Wildman–Crippen MR) is 59.1 cm³/mol. The molecular weight excluding hydrogens is 192 g/mol. The largest absolute Gasteiger partial charge is 0.376 e. The average Bonchev–Trinajstić information content (AvgIpc) is 3.09. The lowest BCUT2D eigenvalue weighted by molar-refractivity contribution is -0.0862. The second-order valence-electron chi connectivity index (χ2n) is 4.35. The molecule has 15 heavy (non-hydrogen) atoms. The molecule has 2 fully saturated rings. The smallest absolute Gasteiger partial charge is 0.0933 e. The van der Waals surface area contributed by atoms with Crippen LogP contribution in [0, 0.1) is 0 Å². The minimum atomic E-state index is 0.259. The fraction of sp³-hybridized carbons (Fsp3) is 1.00. The molecular formula is C11H22N2O2. The Hall–Kier alpha value is -0.160. The lowest BCUT2D eigenvalue weighted by Gasteiger charge is -2.23. The SMILES string of the molecule is C(CNCC1COCCO1)CNC1CC1. The van der Waals surface area contributed by atoms with E-state index in [2.05, 4.69) is 10.6 Å². The van der Waals surface area contributed by atoms with Crippen molar-refractivity contribution in [2.45, 2.75) is 31.4 Å². The summed E-state index contributed by atoms with van der Waals surface area (Å²) in [5.41, 5.74) is 0. The Morgan fingerprint density at radius 3 is 2.80 bits per heavy atom. The zero-order valence-electron chi connectivity index (χ0n) is 9.34. The molecule has 88 valence electrons. The summed E-state index contributed by atoms with van der Waals surface area (Å²) in [6.45, 7) is 5.37. The first-order valence-corrected chi connectivity index (χ1v) is 6.08. The van der Waals surface area contributed by atoms with Crippen molar-refractivity contribution in [1.82, 2.24) is 10.6 Å². The molecule has 1 aliphatic heterocycles. The monoisotopic (exact) mass is 214 g/mol. The van der Waals surface area contributed by atoms with Crippen LogP contribution in [-0.2, 0) is 9.47 Å². The average molecular weight is 214 g/mol. The summed E-state index contributed by atoms with van der Waals surface area (Å²) in [6, 6.07) is 0.833. The molecule has 2 aliphatic rings. The molecule has 0 radical (unpaired) electrons. The summed E-state index contributed by atoms with van der Waals surface area (Å²) in [5.74, 6) is 0. The van der Waals surface area contributed by atoms with Gasteiger partial charge in [-0.3, -0.25) is 0 Å². The molecule has 0 amide bonds. The van der Waals surface area contributed by atoms with Crippen molar-refractivity contribution in [2.24, 2.45) is 0 Å². The maximum atomic E-state index is 5.53. The number of rotatable bonds is 7. The molecule has 4 heteroatoms. The summed E-state index contributed by atoms with van der Waals surface area (Å²) in [4.78, 5) is 0. The zero-order valence-corrected chi connectivity index (χ0v) is 9.34. The van der Waals surface area contributed by atoms with E-state index in [0.29, 0.717) is 0 Å². The van der Waals surface area contributed by atoms with E-state index in [4.69, 9.17) is 9.47 Å². The van der Waals surface area contributed by atoms with Crippen molar-refractivity contribution in [1.29, 1.82) is 0 Å². The van der Waals surface area contributed by atoms with Gasteiger partial charge in [-0.05, 0) is 32.4 Å². The predicted octanol–water partition coefficient (Wildman–Crippen LogP) is 0.134. The minimum absolute atomic E-state index is 0.259. The van der Waals surface area contributed by atoms with Crippen molar-refractivity contribution in [3.8, 4) is 0 Å². The lowest BCUT2D eigenvalue weighted by Crippen LogP contribution is -2.38. The first-order chi connectivity index (χ1) is 7.45. The molecule has 0 aromatic heterocycles. The lowest BCUT2D eigenvalue weighted by atomic mass is 10.3. The molecule has 1 unspecified atom stereocenters. The number of hydrogen-bond acceptors (Lipinski definition) is 4. The fourth-order valence-electron chi connectivity index (χ4n) is 1.72. The highest BCUT2D eigenvalue weighted by Gasteiger charge is 2.19. The molecule has 0 aromatic carbocycles. The van der Waals surface area contributed by atoms with Crippen LogP contribution < -0.4 is 10.6 Å². The standard InChI is InChI=1S/C11H22N2O2/c1(5-13-10-2-3-10)4-12-8-11-9-14-6-7-15-11/h10-13H,1-9H2. The first kappa shape index (κ1) is 11.3. The Balaban J connectivity index is 1.37. The molecule has 2 rings (SSSR count). The van der Waals surface area contributed by atoms with Crippen LogP contribution in [0.3, 0.4) is 0 Å². The second-order valence-corrected chi connectivity index (χ2v) is 4.35. The summed E-state index contributed by atoms with van der Waals surface area (Å²) in [6.07, 6.45) is 4.21. The van der Waals surface area contributed by atoms with E-state index in [1.54, 1.807) is 0 Å². The summed E-state index contributed by atoms with van der Waals surface area (Å²) in [7, 11) is 0. The third-order valence-electron chi connectivity index (χ3n) is 2.80. The van der Waals surface area contributed by atoms with Crippen molar-refractivity contribution >= 4 is 0 Å². The van der Waals surface area contributed by atoms with Gasteiger partial charge in [-0.1, -0.05) is 0 Å². The number of ether oxygens (including phenoxy) is 2. The Bertz CT molecular complexity index is 168. The van der Waals surface area contributed by atoms with Crippen LogP contribution in [0.15, 0.2) is 0 Å². The molecule has 1 saturated carbocycles. The Labute approximate surface area is 91.7 Å². The molecule has 4 nitrogen and oxygen atoms in total. The van der Waals surface area contributed by atoms with Crippen LogP contribution in [0.5, 0.6) is 0 Å². The fourth-order valence-corrected chi connectivity index (χ4v) is 1.72. The summed E-state index contributed by atoms with van der Waals surface area (Å²) < 4.78 is 10.9. The molecule has 0 bridgehead atoms. The molecule has 0 spiro atoms. The van der Waals surface area contributed by atoms with E-state index in [9.17, 15) is 0 Å². The third-order valence-corrected chi connectivity index (χ3v) is 2.80. The summed E-state index contributed by atoms with van der Waals surface area (Å²) >= 11 is 0. The van der Waals surface area contributed by atoms with Crippen molar-refractivity contribution in [3.63, 3.8) is 0 Å². The van der Waals surface area contributed by atoms with E-state index < -0.39 is 0 Å². The van der Waals surface area contributed by atoms with Gasteiger partial charge in [0.2, 0.25) is 0 Å². The van der Waals surface area contributed by atoms with E-state index in [-0.39, 0.29) is 6.10 Å². The highest BCUT2D eigenvalue weighted by atomic mass is 16.6. The van der Waals surface area contributed by atoms with E-state index >= 15 is 0 Å². The Morgan fingerprint density at radius 2 is 2.07 bits per heavy atom. The van der Waals surface area contributed by atoms with Crippen molar-refractivity contribution < 1.29 is 9.47 Å². The molecule has 1 atom stereocenters. The highest BCUT2D eigenvalue weighted by molar-refractivity contribution is 4.80. The van der Waals surface area contributed by atoms with Gasteiger partial charge in [0.15, 0.2) is 0 Å². The van der Waals surface area contributed by atoms with Gasteiger partial charge >= 0.3 is 0 Å². The topological polar surface area (TPSA) is 42.5 Å². The van der Waals surface area contributed by atoms with Crippen LogP contribution in [0.2, 0.25) is 0 Å². The van der Waals surface area contributed by atoms with Gasteiger partial charge < -0.3 is 20.1 Å². The molecule has 0 aromatic rings. The van der Waals surface area contributed by atoms with Crippen molar-refractivity contribution in [2.75, 3.05) is 39.5 Å². The van der Waals surface area contributed by atoms with E-state index in [1.807, 2.05) is 0 Å². The first-order valence-electron chi connectivity index (χ1n) is 6.08. The van der Waals surface area contributed by atoms with Crippen LogP contribution >= 0.6 is 0 Å². The van der Waals surface area contributed by atoms with E-state index in [1.165, 1.54) is 19.3 Å². The zero-order chi connectivity index (χ0) is 10.3. The van der Waals surface area contributed by atoms with E-state index in [0.717, 1.165) is 45.5 Å². The molecule has 1 saturated heterocycles. The van der Waals surface area contributed by atoms with Gasteiger partial charge in [-0.2, -0.15) is 0 Å². The van der Waals surface area contributed by atoms with Crippen molar-refractivity contribution in [3.05, 3.63) is 0 Å². The highest BCUT2D eigenvalue weighted by Crippen LogP contribution is 2.18. The molecule has 2 N–H and O–H groups in total. The van der Waals surface area contributed by atoms with Crippen LogP contribution in [0.1, 0.15) is 19.3 Å². The maximum Gasteiger partial charge on any atom is 0.0933 e. The molecule has 1 aliphatic carbocycles. The third kappa shape index (κ3) is 4.93. The van der Waals surface area contributed by atoms with Gasteiger partial charge in [0, 0.05) is 12.6 Å². The van der Waals surface area contributed by atoms with Gasteiger partial charge in [-0.15, -0.1) is 0 Å².